The van der Waals surface area contributed by atoms with E-state index >= 15 is 0 Å². The van der Waals surface area contributed by atoms with Gasteiger partial charge in [-0.05, 0) is 66.4 Å². The Hall–Kier alpha value is -4.63. The molecule has 1 aliphatic rings. The van der Waals surface area contributed by atoms with E-state index in [4.69, 9.17) is 14.2 Å². The number of amides is 1. The number of aliphatic hydroxyl groups is 1. The minimum Gasteiger partial charge on any atom is -0.507 e. The van der Waals surface area contributed by atoms with Crippen LogP contribution in [0, 0.1) is 6.92 Å². The molecule has 0 aliphatic carbocycles. The molecule has 222 valence electrons. The molecule has 1 atom stereocenters. The van der Waals surface area contributed by atoms with Gasteiger partial charge in [0.05, 0.1) is 25.3 Å². The average molecular weight is 599 g/mol. The summed E-state index contributed by atoms with van der Waals surface area (Å²) in [4.78, 5) is 32.5. The fourth-order valence-corrected chi connectivity index (χ4v) is 5.65. The van der Waals surface area contributed by atoms with Crippen molar-refractivity contribution >= 4 is 33.9 Å². The zero-order chi connectivity index (χ0) is 30.3. The first kappa shape index (κ1) is 29.8. The fourth-order valence-electron chi connectivity index (χ4n) is 4.99. The third-order valence-electron chi connectivity index (χ3n) is 7.36. The molecule has 0 saturated carbocycles. The Morgan fingerprint density at radius 3 is 2.49 bits per heavy atom. The highest BCUT2D eigenvalue weighted by atomic mass is 32.1. The summed E-state index contributed by atoms with van der Waals surface area (Å²) in [5.41, 5.74) is 3.13. The molecule has 1 fully saturated rings. The van der Waals surface area contributed by atoms with Gasteiger partial charge in [-0.2, -0.15) is 0 Å². The maximum atomic E-state index is 13.5. The van der Waals surface area contributed by atoms with Crippen LogP contribution in [0.2, 0.25) is 0 Å². The molecule has 2 heterocycles. The molecule has 5 rings (SSSR count). The summed E-state index contributed by atoms with van der Waals surface area (Å²) in [5.74, 6) is -0.204. The molecule has 0 radical (unpaired) electrons. The SMILES string of the molecule is CCCCCOc1ccc(C2C(=C(O)c3ccc(OCc4ccccc4C)cc3)C(=O)C(=O)N2c2nccs2)cc1OC. The van der Waals surface area contributed by atoms with Gasteiger partial charge in [0.25, 0.3) is 5.78 Å². The number of methoxy groups -OCH3 is 1. The van der Waals surface area contributed by atoms with Gasteiger partial charge in [0, 0.05) is 17.1 Å². The van der Waals surface area contributed by atoms with E-state index in [1.54, 1.807) is 61.2 Å². The lowest BCUT2D eigenvalue weighted by Gasteiger charge is -2.24. The number of carbonyl (C=O) groups excluding carboxylic acids is 2. The van der Waals surface area contributed by atoms with Crippen LogP contribution in [0.1, 0.15) is 54.5 Å². The summed E-state index contributed by atoms with van der Waals surface area (Å²) in [7, 11) is 1.54. The Kier molecular flexibility index (Phi) is 9.41. The number of rotatable bonds is 12. The van der Waals surface area contributed by atoms with Crippen molar-refractivity contribution in [2.24, 2.45) is 0 Å². The molecule has 1 saturated heterocycles. The summed E-state index contributed by atoms with van der Waals surface area (Å²) in [6, 6.07) is 19.1. The number of benzene rings is 3. The van der Waals surface area contributed by atoms with Crippen molar-refractivity contribution in [2.45, 2.75) is 45.8 Å². The number of hydrogen-bond donors (Lipinski definition) is 1. The van der Waals surface area contributed by atoms with Crippen molar-refractivity contribution < 1.29 is 28.9 Å². The van der Waals surface area contributed by atoms with Gasteiger partial charge < -0.3 is 19.3 Å². The molecule has 1 aliphatic heterocycles. The number of aromatic nitrogens is 1. The number of Topliss-reactive ketones (excluding diaryl/α,β-unsaturated/α-hetero) is 1. The highest BCUT2D eigenvalue weighted by Crippen LogP contribution is 2.44. The highest BCUT2D eigenvalue weighted by Gasteiger charge is 2.48. The Morgan fingerprint density at radius 1 is 1.00 bits per heavy atom. The predicted molar refractivity (Wildman–Crippen MR) is 167 cm³/mol. The van der Waals surface area contributed by atoms with Crippen molar-refractivity contribution in [2.75, 3.05) is 18.6 Å². The van der Waals surface area contributed by atoms with Gasteiger partial charge >= 0.3 is 5.91 Å². The summed E-state index contributed by atoms with van der Waals surface area (Å²) >= 11 is 1.23. The fraction of sp³-hybridized carbons (Fsp3) is 0.265. The lowest BCUT2D eigenvalue weighted by molar-refractivity contribution is -0.132. The number of aliphatic hydroxyl groups excluding tert-OH is 1. The molecule has 1 amide bonds. The van der Waals surface area contributed by atoms with Gasteiger partial charge in [0.1, 0.15) is 18.1 Å². The van der Waals surface area contributed by atoms with E-state index in [9.17, 15) is 14.7 Å². The van der Waals surface area contributed by atoms with Crippen molar-refractivity contribution in [3.05, 3.63) is 106 Å². The van der Waals surface area contributed by atoms with E-state index in [-0.39, 0.29) is 11.3 Å². The average Bonchev–Trinajstić information content (AvgIpc) is 3.65. The lowest BCUT2D eigenvalue weighted by Crippen LogP contribution is -2.29. The van der Waals surface area contributed by atoms with Gasteiger partial charge in [-0.15, -0.1) is 11.3 Å². The molecule has 43 heavy (non-hydrogen) atoms. The molecular formula is C34H34N2O6S. The number of thiazole rings is 1. The van der Waals surface area contributed by atoms with E-state index in [2.05, 4.69) is 11.9 Å². The Bertz CT molecular complexity index is 1610. The van der Waals surface area contributed by atoms with Gasteiger partial charge in [0.2, 0.25) is 0 Å². The zero-order valence-corrected chi connectivity index (χ0v) is 25.2. The number of anilines is 1. The standard InChI is InChI=1S/C34H34N2O6S/c1-4-5-8-18-41-27-16-13-24(20-28(27)40-3)30-29(32(38)33(39)36(30)34-35-17-19-43-34)31(37)23-11-14-26(15-12-23)42-21-25-10-7-6-9-22(25)2/h6-7,9-17,19-20,30,37H,4-5,8,18,21H2,1-3H3. The second-order valence-electron chi connectivity index (χ2n) is 10.2. The van der Waals surface area contributed by atoms with Crippen LogP contribution in [0.25, 0.3) is 5.76 Å². The van der Waals surface area contributed by atoms with Crippen LogP contribution in [0.4, 0.5) is 5.13 Å². The lowest BCUT2D eigenvalue weighted by atomic mass is 9.95. The summed E-state index contributed by atoms with van der Waals surface area (Å²) < 4.78 is 17.5. The molecule has 0 bridgehead atoms. The van der Waals surface area contributed by atoms with Crippen LogP contribution in [-0.2, 0) is 16.2 Å². The van der Waals surface area contributed by atoms with Gasteiger partial charge in [-0.25, -0.2) is 4.98 Å². The Balaban J connectivity index is 1.48. The number of aryl methyl sites for hydroxylation is 1. The Labute approximate surface area is 255 Å². The first-order valence-electron chi connectivity index (χ1n) is 14.2. The molecule has 1 unspecified atom stereocenters. The first-order valence-corrected chi connectivity index (χ1v) is 15.1. The van der Waals surface area contributed by atoms with Crippen LogP contribution in [0.3, 0.4) is 0 Å². The predicted octanol–water partition coefficient (Wildman–Crippen LogP) is 7.23. The van der Waals surface area contributed by atoms with E-state index in [1.807, 2.05) is 31.2 Å². The Morgan fingerprint density at radius 2 is 1.79 bits per heavy atom. The number of hydrogen-bond acceptors (Lipinski definition) is 8. The number of ether oxygens (including phenoxy) is 3. The highest BCUT2D eigenvalue weighted by molar-refractivity contribution is 7.14. The van der Waals surface area contributed by atoms with Gasteiger partial charge in [-0.1, -0.05) is 50.1 Å². The quantitative estimate of drug-likeness (QED) is 0.0795. The largest absolute Gasteiger partial charge is 0.507 e. The van der Waals surface area contributed by atoms with Crippen LogP contribution in [0.5, 0.6) is 17.2 Å². The number of nitrogens with zero attached hydrogens (tertiary/aromatic N) is 2. The third-order valence-corrected chi connectivity index (χ3v) is 8.13. The van der Waals surface area contributed by atoms with Crippen LogP contribution < -0.4 is 19.1 Å². The van der Waals surface area contributed by atoms with Crippen molar-refractivity contribution in [3.8, 4) is 17.2 Å². The molecule has 4 aromatic rings. The zero-order valence-electron chi connectivity index (χ0n) is 24.4. The van der Waals surface area contributed by atoms with E-state index < -0.39 is 17.7 Å². The van der Waals surface area contributed by atoms with Crippen LogP contribution in [-0.4, -0.2) is 35.5 Å². The topological polar surface area (TPSA) is 98.2 Å². The normalized spacial score (nSPS) is 16.0. The minimum absolute atomic E-state index is 0.0348. The summed E-state index contributed by atoms with van der Waals surface area (Å²) in [6.45, 7) is 5.10. The molecule has 8 nitrogen and oxygen atoms in total. The number of carbonyl (C=O) groups is 2. The maximum absolute atomic E-state index is 13.5. The first-order chi connectivity index (χ1) is 20.9. The van der Waals surface area contributed by atoms with E-state index in [0.717, 1.165) is 30.4 Å². The molecule has 9 heteroatoms. The van der Waals surface area contributed by atoms with Crippen LogP contribution >= 0.6 is 11.3 Å². The van der Waals surface area contributed by atoms with Crippen molar-refractivity contribution in [3.63, 3.8) is 0 Å². The second kappa shape index (κ2) is 13.6. The summed E-state index contributed by atoms with van der Waals surface area (Å²) in [5, 5.41) is 13.6. The monoisotopic (exact) mass is 598 g/mol. The molecule has 1 aromatic heterocycles. The molecular weight excluding hydrogens is 564 g/mol. The van der Waals surface area contributed by atoms with Crippen LogP contribution in [0.15, 0.2) is 83.9 Å². The van der Waals surface area contributed by atoms with E-state index in [0.29, 0.717) is 46.7 Å². The van der Waals surface area contributed by atoms with E-state index in [1.165, 1.54) is 16.2 Å². The molecule has 3 aromatic carbocycles. The van der Waals surface area contributed by atoms with Crippen molar-refractivity contribution in [1.29, 1.82) is 0 Å². The minimum atomic E-state index is -0.925. The molecule has 0 spiro atoms. The smallest absolute Gasteiger partial charge is 0.301 e. The van der Waals surface area contributed by atoms with Gasteiger partial charge in [-0.3, -0.25) is 14.5 Å². The summed E-state index contributed by atoms with van der Waals surface area (Å²) in [6.07, 6.45) is 4.63. The number of unbranched alkanes of at least 4 members (excludes halogenated alkanes) is 2. The third kappa shape index (κ3) is 6.41. The second-order valence-corrected chi connectivity index (χ2v) is 11.1. The maximum Gasteiger partial charge on any atom is 0.301 e. The van der Waals surface area contributed by atoms with Gasteiger partial charge in [0.15, 0.2) is 16.6 Å². The van der Waals surface area contributed by atoms with Crippen molar-refractivity contribution in [1.82, 2.24) is 4.98 Å². The molecule has 1 N–H and O–H groups in total. The number of ketones is 1.